The molecule has 0 spiro atoms. The molecular weight excluding hydrogens is 392 g/mol. The molecule has 0 amide bonds. The molecule has 8 heteroatoms. The predicted molar refractivity (Wildman–Crippen MR) is 110 cm³/mol. The third-order valence-corrected chi connectivity index (χ3v) is 6.94. The maximum absolute atomic E-state index is 13.0. The largest absolute Gasteiger partial charge is 0.490 e. The van der Waals surface area contributed by atoms with E-state index in [1.54, 1.807) is 25.2 Å². The fourth-order valence-corrected chi connectivity index (χ4v) is 4.63. The van der Waals surface area contributed by atoms with E-state index in [9.17, 15) is 8.42 Å². The maximum Gasteiger partial charge on any atom is 0.243 e. The van der Waals surface area contributed by atoms with Gasteiger partial charge in [-0.3, -0.25) is 0 Å². The molecule has 2 heterocycles. The predicted octanol–water partition coefficient (Wildman–Crippen LogP) is 2.51. The highest BCUT2D eigenvalue weighted by Gasteiger charge is 2.23. The summed E-state index contributed by atoms with van der Waals surface area (Å²) in [5.41, 5.74) is 2.06. The highest BCUT2D eigenvalue weighted by molar-refractivity contribution is 7.89. The van der Waals surface area contributed by atoms with Gasteiger partial charge in [-0.2, -0.15) is 4.31 Å². The van der Waals surface area contributed by atoms with Crippen LogP contribution in [0.3, 0.4) is 0 Å². The number of anilines is 1. The Morgan fingerprint density at radius 3 is 2.34 bits per heavy atom. The van der Waals surface area contributed by atoms with Crippen molar-refractivity contribution in [2.75, 3.05) is 51.5 Å². The minimum Gasteiger partial charge on any atom is -0.490 e. The van der Waals surface area contributed by atoms with Gasteiger partial charge in [-0.1, -0.05) is 12.1 Å². The van der Waals surface area contributed by atoms with Gasteiger partial charge in [0, 0.05) is 44.9 Å². The number of sulfonamides is 1. The normalized spacial score (nSPS) is 17.2. The zero-order valence-corrected chi connectivity index (χ0v) is 17.4. The molecule has 0 aliphatic carbocycles. The van der Waals surface area contributed by atoms with E-state index in [1.165, 1.54) is 4.31 Å². The average Bonchev–Trinajstić information content (AvgIpc) is 3.00. The Kier molecular flexibility index (Phi) is 5.94. The first-order chi connectivity index (χ1) is 14.0. The first-order valence-electron chi connectivity index (χ1n) is 9.82. The molecule has 7 nitrogen and oxygen atoms in total. The summed E-state index contributed by atoms with van der Waals surface area (Å²) in [6.07, 6.45) is 0.775. The molecule has 0 aromatic heterocycles. The number of nitrogens with zero attached hydrogens (tertiary/aromatic N) is 2. The molecule has 0 atom stereocenters. The Labute approximate surface area is 171 Å². The van der Waals surface area contributed by atoms with Crippen LogP contribution in [0.4, 0.5) is 5.69 Å². The third kappa shape index (κ3) is 4.49. The summed E-state index contributed by atoms with van der Waals surface area (Å²) in [6, 6.07) is 12.8. The van der Waals surface area contributed by atoms with E-state index in [-0.39, 0.29) is 4.90 Å². The number of fused-ring (bicyclic) bond motifs is 1. The van der Waals surface area contributed by atoms with Crippen LogP contribution >= 0.6 is 0 Å². The number of morpholine rings is 1. The zero-order valence-electron chi connectivity index (χ0n) is 16.5. The lowest BCUT2D eigenvalue weighted by molar-refractivity contribution is 0.122. The van der Waals surface area contributed by atoms with Gasteiger partial charge in [0.15, 0.2) is 11.5 Å². The van der Waals surface area contributed by atoms with Crippen molar-refractivity contribution in [2.24, 2.45) is 0 Å². The molecule has 2 aromatic carbocycles. The zero-order chi connectivity index (χ0) is 20.3. The summed E-state index contributed by atoms with van der Waals surface area (Å²) in [5, 5.41) is 0. The van der Waals surface area contributed by atoms with Crippen LogP contribution in [0.15, 0.2) is 47.4 Å². The number of rotatable bonds is 5. The quantitative estimate of drug-likeness (QED) is 0.743. The molecule has 2 aromatic rings. The van der Waals surface area contributed by atoms with Crippen LogP contribution in [-0.4, -0.2) is 59.3 Å². The topological polar surface area (TPSA) is 68.3 Å². The van der Waals surface area contributed by atoms with E-state index >= 15 is 0 Å². The maximum atomic E-state index is 13.0. The van der Waals surface area contributed by atoms with Crippen molar-refractivity contribution in [3.63, 3.8) is 0 Å². The fraction of sp³-hybridized carbons (Fsp3) is 0.429. The van der Waals surface area contributed by atoms with Crippen LogP contribution in [0.2, 0.25) is 0 Å². The third-order valence-electron chi connectivity index (χ3n) is 5.14. The number of benzene rings is 2. The summed E-state index contributed by atoms with van der Waals surface area (Å²) in [5.74, 6) is 1.06. The average molecular weight is 419 g/mol. The van der Waals surface area contributed by atoms with Crippen LogP contribution in [-0.2, 0) is 21.3 Å². The molecular formula is C21H26N2O5S. The smallest absolute Gasteiger partial charge is 0.243 e. The number of hydrogen-bond donors (Lipinski definition) is 0. The molecule has 1 fully saturated rings. The Balaban J connectivity index is 1.47. The van der Waals surface area contributed by atoms with Crippen molar-refractivity contribution in [1.82, 2.24) is 4.31 Å². The lowest BCUT2D eigenvalue weighted by Gasteiger charge is -2.29. The van der Waals surface area contributed by atoms with Crippen LogP contribution in [0.25, 0.3) is 0 Å². The van der Waals surface area contributed by atoms with Gasteiger partial charge in [0.1, 0.15) is 0 Å². The van der Waals surface area contributed by atoms with Crippen LogP contribution in [0.1, 0.15) is 12.0 Å². The Bertz CT molecular complexity index is 940. The molecule has 0 N–H and O–H groups in total. The standard InChI is InChI=1S/C21H26N2O5S/c1-22(16-17-3-5-18(6-4-17)23-9-13-26-14-10-23)29(24,25)19-7-8-20-21(15-19)28-12-2-11-27-20/h3-8,15H,2,9-14,16H2,1H3. The first kappa shape index (κ1) is 20.0. The second-order valence-electron chi connectivity index (χ2n) is 7.19. The van der Waals surface area contributed by atoms with E-state index in [1.807, 2.05) is 24.3 Å². The van der Waals surface area contributed by atoms with E-state index in [0.29, 0.717) is 31.3 Å². The summed E-state index contributed by atoms with van der Waals surface area (Å²) in [6.45, 7) is 4.59. The van der Waals surface area contributed by atoms with Crippen molar-refractivity contribution < 1.29 is 22.6 Å². The Morgan fingerprint density at radius 1 is 0.931 bits per heavy atom. The Morgan fingerprint density at radius 2 is 1.62 bits per heavy atom. The molecule has 0 saturated carbocycles. The van der Waals surface area contributed by atoms with Crippen molar-refractivity contribution in [3.05, 3.63) is 48.0 Å². The van der Waals surface area contributed by atoms with Crippen LogP contribution in [0, 0.1) is 0 Å². The molecule has 0 radical (unpaired) electrons. The summed E-state index contributed by atoms with van der Waals surface area (Å²) < 4.78 is 44.0. The minimum atomic E-state index is -3.64. The molecule has 2 aliphatic rings. The second kappa shape index (κ2) is 8.61. The van der Waals surface area contributed by atoms with Crippen LogP contribution < -0.4 is 14.4 Å². The van der Waals surface area contributed by atoms with Gasteiger partial charge in [0.05, 0.1) is 31.3 Å². The van der Waals surface area contributed by atoms with Crippen LogP contribution in [0.5, 0.6) is 11.5 Å². The second-order valence-corrected chi connectivity index (χ2v) is 9.23. The summed E-state index contributed by atoms with van der Waals surface area (Å²) >= 11 is 0. The van der Waals surface area contributed by atoms with Gasteiger partial charge in [-0.15, -0.1) is 0 Å². The number of hydrogen-bond acceptors (Lipinski definition) is 6. The van der Waals surface area contributed by atoms with Gasteiger partial charge in [0.2, 0.25) is 10.0 Å². The molecule has 0 unspecified atom stereocenters. The lowest BCUT2D eigenvalue weighted by Crippen LogP contribution is -2.36. The Hall–Kier alpha value is -2.29. The highest BCUT2D eigenvalue weighted by Crippen LogP contribution is 2.33. The molecule has 156 valence electrons. The summed E-state index contributed by atoms with van der Waals surface area (Å²) in [7, 11) is -2.05. The monoisotopic (exact) mass is 418 g/mol. The molecule has 1 saturated heterocycles. The fourth-order valence-electron chi connectivity index (χ4n) is 3.46. The van der Waals surface area contributed by atoms with Gasteiger partial charge >= 0.3 is 0 Å². The van der Waals surface area contributed by atoms with E-state index < -0.39 is 10.0 Å². The van der Waals surface area contributed by atoms with Gasteiger partial charge < -0.3 is 19.1 Å². The SMILES string of the molecule is CN(Cc1ccc(N2CCOCC2)cc1)S(=O)(=O)c1ccc2c(c1)OCCCO2. The lowest BCUT2D eigenvalue weighted by atomic mass is 10.2. The minimum absolute atomic E-state index is 0.203. The van der Waals surface area contributed by atoms with Crippen molar-refractivity contribution in [1.29, 1.82) is 0 Å². The molecule has 2 aliphatic heterocycles. The van der Waals surface area contributed by atoms with Gasteiger partial charge in [0.25, 0.3) is 0 Å². The van der Waals surface area contributed by atoms with Gasteiger partial charge in [-0.05, 0) is 29.8 Å². The highest BCUT2D eigenvalue weighted by atomic mass is 32.2. The van der Waals surface area contributed by atoms with Crippen molar-refractivity contribution in [2.45, 2.75) is 17.9 Å². The van der Waals surface area contributed by atoms with Gasteiger partial charge in [-0.25, -0.2) is 8.42 Å². The molecule has 0 bridgehead atoms. The van der Waals surface area contributed by atoms with E-state index in [0.717, 1.165) is 44.0 Å². The molecule has 4 rings (SSSR count). The number of ether oxygens (including phenoxy) is 3. The van der Waals surface area contributed by atoms with E-state index in [4.69, 9.17) is 14.2 Å². The van der Waals surface area contributed by atoms with E-state index in [2.05, 4.69) is 4.90 Å². The molecule has 29 heavy (non-hydrogen) atoms. The first-order valence-corrected chi connectivity index (χ1v) is 11.3. The van der Waals surface area contributed by atoms with Crippen molar-refractivity contribution in [3.8, 4) is 11.5 Å². The summed E-state index contributed by atoms with van der Waals surface area (Å²) in [4.78, 5) is 2.47. The van der Waals surface area contributed by atoms with Crippen molar-refractivity contribution >= 4 is 15.7 Å².